The number of phenolic OH excluding ortho intramolecular Hbond substituents is 1. The van der Waals surface area contributed by atoms with Crippen LogP contribution in [0.15, 0.2) is 24.3 Å². The fourth-order valence-electron chi connectivity index (χ4n) is 3.73. The zero-order valence-electron chi connectivity index (χ0n) is 14.1. The number of likely N-dealkylation sites (N-methyl/N-ethyl adjacent to an activating group) is 1. The van der Waals surface area contributed by atoms with Gasteiger partial charge in [0.1, 0.15) is 5.75 Å². The normalized spacial score (nSPS) is 18.9. The summed E-state index contributed by atoms with van der Waals surface area (Å²) in [5.41, 5.74) is 3.46. The minimum Gasteiger partial charge on any atom is -0.504 e. The Morgan fingerprint density at radius 2 is 1.92 bits per heavy atom. The molecule has 0 radical (unpaired) electrons. The van der Waals surface area contributed by atoms with E-state index < -0.39 is 0 Å². The molecule has 2 heterocycles. The Labute approximate surface area is 141 Å². The van der Waals surface area contributed by atoms with Crippen LogP contribution in [-0.4, -0.2) is 37.8 Å². The van der Waals surface area contributed by atoms with Crippen LogP contribution in [0.25, 0.3) is 0 Å². The Bertz CT molecular complexity index is 802. The molecule has 1 atom stereocenters. The summed E-state index contributed by atoms with van der Waals surface area (Å²) in [5.74, 6) is 2.76. The second-order valence-electron chi connectivity index (χ2n) is 6.35. The van der Waals surface area contributed by atoms with Crippen molar-refractivity contribution >= 4 is 0 Å². The molecule has 1 N–H and O–H groups in total. The molecule has 0 saturated heterocycles. The molecule has 2 aliphatic heterocycles. The molecule has 2 aliphatic rings. The van der Waals surface area contributed by atoms with E-state index in [1.54, 1.807) is 19.2 Å². The van der Waals surface area contributed by atoms with Gasteiger partial charge < -0.3 is 19.3 Å². The summed E-state index contributed by atoms with van der Waals surface area (Å²) in [7, 11) is 5.33. The van der Waals surface area contributed by atoms with Crippen molar-refractivity contribution in [3.05, 3.63) is 41.0 Å². The molecule has 5 heteroatoms. The van der Waals surface area contributed by atoms with E-state index in [9.17, 15) is 5.11 Å². The number of nitrogens with zero attached hydrogens (tertiary/aromatic N) is 1. The van der Waals surface area contributed by atoms with Crippen LogP contribution in [0.1, 0.15) is 22.7 Å². The monoisotopic (exact) mass is 327 g/mol. The quantitative estimate of drug-likeness (QED) is 0.917. The summed E-state index contributed by atoms with van der Waals surface area (Å²) in [6.45, 7) is 1.00. The highest BCUT2D eigenvalue weighted by atomic mass is 16.5. The van der Waals surface area contributed by atoms with Crippen LogP contribution < -0.4 is 14.2 Å². The summed E-state index contributed by atoms with van der Waals surface area (Å²) in [5, 5.41) is 10.2. The van der Waals surface area contributed by atoms with Gasteiger partial charge in [0.05, 0.1) is 14.2 Å². The van der Waals surface area contributed by atoms with Crippen LogP contribution in [0.5, 0.6) is 28.7 Å². The third kappa shape index (κ3) is 2.19. The van der Waals surface area contributed by atoms with Crippen molar-refractivity contribution < 1.29 is 19.3 Å². The van der Waals surface area contributed by atoms with Gasteiger partial charge in [-0.25, -0.2) is 0 Å². The number of ether oxygens (including phenoxy) is 3. The van der Waals surface area contributed by atoms with Crippen molar-refractivity contribution in [2.45, 2.75) is 18.9 Å². The van der Waals surface area contributed by atoms with Gasteiger partial charge in [-0.05, 0) is 37.6 Å². The number of benzene rings is 2. The second kappa shape index (κ2) is 5.60. The molecule has 5 nitrogen and oxygen atoms in total. The van der Waals surface area contributed by atoms with Crippen LogP contribution in [0, 0.1) is 0 Å². The van der Waals surface area contributed by atoms with Gasteiger partial charge in [0.25, 0.3) is 0 Å². The van der Waals surface area contributed by atoms with Crippen molar-refractivity contribution in [1.29, 1.82) is 0 Å². The Morgan fingerprint density at radius 3 is 2.67 bits per heavy atom. The van der Waals surface area contributed by atoms with E-state index in [0.717, 1.165) is 36.4 Å². The third-order valence-corrected chi connectivity index (χ3v) is 5.06. The predicted octanol–water partition coefficient (Wildman–Crippen LogP) is 3.29. The average Bonchev–Trinajstić information content (AvgIpc) is 2.75. The summed E-state index contributed by atoms with van der Waals surface area (Å²) < 4.78 is 17.1. The highest BCUT2D eigenvalue weighted by molar-refractivity contribution is 5.60. The lowest BCUT2D eigenvalue weighted by Crippen LogP contribution is -2.33. The first-order chi connectivity index (χ1) is 11.6. The zero-order chi connectivity index (χ0) is 16.8. The summed E-state index contributed by atoms with van der Waals surface area (Å²) >= 11 is 0. The SMILES string of the molecule is COc1cc2c(cc1O)CC1c3c(ccc(OC)c3O2)CCN1C. The number of fused-ring (bicyclic) bond motifs is 1. The van der Waals surface area contributed by atoms with Gasteiger partial charge in [-0.15, -0.1) is 0 Å². The number of hydrogen-bond acceptors (Lipinski definition) is 5. The zero-order valence-corrected chi connectivity index (χ0v) is 14.1. The number of phenols is 1. The molecule has 2 aromatic carbocycles. The van der Waals surface area contributed by atoms with E-state index in [1.165, 1.54) is 18.2 Å². The molecule has 0 spiro atoms. The van der Waals surface area contributed by atoms with Gasteiger partial charge in [-0.1, -0.05) is 6.07 Å². The topological polar surface area (TPSA) is 51.2 Å². The minimum atomic E-state index is 0.136. The summed E-state index contributed by atoms with van der Waals surface area (Å²) in [6, 6.07) is 7.80. The fourth-order valence-corrected chi connectivity index (χ4v) is 3.73. The molecule has 0 saturated carbocycles. The van der Waals surface area contributed by atoms with Gasteiger partial charge in [0.2, 0.25) is 0 Å². The maximum absolute atomic E-state index is 10.2. The lowest BCUT2D eigenvalue weighted by molar-refractivity contribution is 0.228. The van der Waals surface area contributed by atoms with Crippen LogP contribution in [0.4, 0.5) is 0 Å². The van der Waals surface area contributed by atoms with Crippen molar-refractivity contribution in [3.8, 4) is 28.7 Å². The third-order valence-electron chi connectivity index (χ3n) is 5.06. The smallest absolute Gasteiger partial charge is 0.174 e. The van der Waals surface area contributed by atoms with Gasteiger partial charge in [0.15, 0.2) is 23.0 Å². The highest BCUT2D eigenvalue weighted by Gasteiger charge is 2.34. The Balaban J connectivity index is 1.94. The lowest BCUT2D eigenvalue weighted by atomic mass is 9.88. The Morgan fingerprint density at radius 1 is 1.12 bits per heavy atom. The molecule has 24 heavy (non-hydrogen) atoms. The molecule has 0 aliphatic carbocycles. The first-order valence-corrected chi connectivity index (χ1v) is 8.10. The first-order valence-electron chi connectivity index (χ1n) is 8.10. The van der Waals surface area contributed by atoms with E-state index in [2.05, 4.69) is 18.0 Å². The molecule has 1 unspecified atom stereocenters. The molecular formula is C19H21NO4. The first kappa shape index (κ1) is 15.1. The van der Waals surface area contributed by atoms with Gasteiger partial charge >= 0.3 is 0 Å². The molecule has 126 valence electrons. The van der Waals surface area contributed by atoms with Gasteiger partial charge in [-0.2, -0.15) is 0 Å². The highest BCUT2D eigenvalue weighted by Crippen LogP contribution is 2.50. The van der Waals surface area contributed by atoms with Crippen molar-refractivity contribution in [1.82, 2.24) is 4.90 Å². The van der Waals surface area contributed by atoms with Crippen molar-refractivity contribution in [2.24, 2.45) is 0 Å². The Hall–Kier alpha value is -2.40. The van der Waals surface area contributed by atoms with E-state index in [1.807, 2.05) is 6.07 Å². The molecular weight excluding hydrogens is 306 g/mol. The molecule has 0 bridgehead atoms. The van der Waals surface area contributed by atoms with Crippen molar-refractivity contribution in [2.75, 3.05) is 27.8 Å². The second-order valence-corrected chi connectivity index (χ2v) is 6.35. The van der Waals surface area contributed by atoms with E-state index in [0.29, 0.717) is 11.5 Å². The molecule has 0 amide bonds. The van der Waals surface area contributed by atoms with E-state index >= 15 is 0 Å². The summed E-state index contributed by atoms with van der Waals surface area (Å²) in [6.07, 6.45) is 1.77. The van der Waals surface area contributed by atoms with Crippen LogP contribution >= 0.6 is 0 Å². The van der Waals surface area contributed by atoms with Gasteiger partial charge in [0, 0.05) is 29.8 Å². The fraction of sp³-hybridized carbons (Fsp3) is 0.368. The molecule has 2 aromatic rings. The van der Waals surface area contributed by atoms with Crippen molar-refractivity contribution in [3.63, 3.8) is 0 Å². The van der Waals surface area contributed by atoms with Gasteiger partial charge in [-0.3, -0.25) is 4.90 Å². The molecule has 0 aromatic heterocycles. The number of methoxy groups -OCH3 is 2. The number of rotatable bonds is 2. The standard InChI is InChI=1S/C19H21NO4/c1-20-7-6-11-4-5-15(22-2)19-18(11)13(20)8-12-9-14(21)17(23-3)10-16(12)24-19/h4-5,9-10,13,21H,6-8H2,1-3H3. The van der Waals surface area contributed by atoms with E-state index in [4.69, 9.17) is 14.2 Å². The minimum absolute atomic E-state index is 0.136. The summed E-state index contributed by atoms with van der Waals surface area (Å²) in [4.78, 5) is 2.34. The largest absolute Gasteiger partial charge is 0.504 e. The maximum Gasteiger partial charge on any atom is 0.174 e. The molecule has 4 rings (SSSR count). The average molecular weight is 327 g/mol. The molecule has 0 fully saturated rings. The number of hydrogen-bond donors (Lipinski definition) is 1. The maximum atomic E-state index is 10.2. The number of aromatic hydroxyl groups is 1. The van der Waals surface area contributed by atoms with Crippen LogP contribution in [0.2, 0.25) is 0 Å². The predicted molar refractivity (Wildman–Crippen MR) is 90.5 cm³/mol. The van der Waals surface area contributed by atoms with E-state index in [-0.39, 0.29) is 11.8 Å². The Kier molecular flexibility index (Phi) is 3.53. The lowest BCUT2D eigenvalue weighted by Gasteiger charge is -2.34. The van der Waals surface area contributed by atoms with Crippen LogP contribution in [-0.2, 0) is 12.8 Å². The van der Waals surface area contributed by atoms with Crippen LogP contribution in [0.3, 0.4) is 0 Å².